The molecule has 17 heavy (non-hydrogen) atoms. The Balaban J connectivity index is 2.86. The number of hydrogen-bond acceptors (Lipinski definition) is 3. The zero-order valence-electron chi connectivity index (χ0n) is 9.17. The molecule has 1 unspecified atom stereocenters. The van der Waals surface area contributed by atoms with Crippen molar-refractivity contribution in [3.8, 4) is 0 Å². The van der Waals surface area contributed by atoms with Crippen molar-refractivity contribution in [3.63, 3.8) is 0 Å². The van der Waals surface area contributed by atoms with Crippen LogP contribution in [0.1, 0.15) is 16.8 Å². The molecule has 0 aliphatic heterocycles. The summed E-state index contributed by atoms with van der Waals surface area (Å²) in [6, 6.07) is 1.78. The number of rotatable bonds is 5. The molecule has 0 spiro atoms. The molecule has 0 bridgehead atoms. The van der Waals surface area contributed by atoms with Gasteiger partial charge in [0.15, 0.2) is 5.78 Å². The molecule has 0 radical (unpaired) electrons. The Kier molecular flexibility index (Phi) is 5.33. The number of carbonyl (C=O) groups is 1. The van der Waals surface area contributed by atoms with Gasteiger partial charge in [-0.3, -0.25) is 4.79 Å². The second kappa shape index (κ2) is 6.31. The maximum absolute atomic E-state index is 13.2. The third kappa shape index (κ3) is 3.92. The molecule has 1 atom stereocenters. The van der Waals surface area contributed by atoms with Crippen LogP contribution in [-0.4, -0.2) is 25.5 Å². The molecule has 6 heteroatoms. The maximum atomic E-state index is 13.2. The van der Waals surface area contributed by atoms with Crippen molar-refractivity contribution < 1.29 is 13.9 Å². The van der Waals surface area contributed by atoms with Gasteiger partial charge in [0.25, 0.3) is 0 Å². The summed E-state index contributed by atoms with van der Waals surface area (Å²) in [5, 5.41) is -0.00115. The van der Waals surface area contributed by atoms with E-state index in [1.54, 1.807) is 0 Å². The number of Topliss-reactive ketones (excluding diaryl/α,β-unsaturated/α-hetero) is 1. The molecule has 1 aromatic rings. The molecule has 0 amide bonds. The monoisotopic (exact) mass is 279 g/mol. The summed E-state index contributed by atoms with van der Waals surface area (Å²) in [6.07, 6.45) is 0.0363. The number of benzene rings is 1. The van der Waals surface area contributed by atoms with E-state index in [0.29, 0.717) is 0 Å². The van der Waals surface area contributed by atoms with Crippen molar-refractivity contribution in [2.45, 2.75) is 12.5 Å². The van der Waals surface area contributed by atoms with E-state index < -0.39 is 11.9 Å². The molecule has 3 nitrogen and oxygen atoms in total. The van der Waals surface area contributed by atoms with E-state index in [2.05, 4.69) is 0 Å². The fourth-order valence-electron chi connectivity index (χ4n) is 1.36. The average molecular weight is 280 g/mol. The largest absolute Gasteiger partial charge is 0.383 e. The zero-order valence-corrected chi connectivity index (χ0v) is 10.7. The first-order chi connectivity index (χ1) is 7.95. The second-order valence-corrected chi connectivity index (χ2v) is 4.40. The average Bonchev–Trinajstić information content (AvgIpc) is 2.23. The molecule has 0 aliphatic rings. The van der Waals surface area contributed by atoms with Crippen LogP contribution in [0.5, 0.6) is 0 Å². The van der Waals surface area contributed by atoms with Crippen molar-refractivity contribution >= 4 is 29.0 Å². The number of methoxy groups -OCH3 is 1. The molecule has 94 valence electrons. The van der Waals surface area contributed by atoms with E-state index >= 15 is 0 Å². The summed E-state index contributed by atoms with van der Waals surface area (Å²) >= 11 is 11.3. The first-order valence-electron chi connectivity index (χ1n) is 4.88. The molecular formula is C11H12Cl2FNO2. The molecule has 0 heterocycles. The quantitative estimate of drug-likeness (QED) is 0.666. The number of halogens is 3. The zero-order chi connectivity index (χ0) is 13.0. The molecular weight excluding hydrogens is 268 g/mol. The summed E-state index contributed by atoms with van der Waals surface area (Å²) in [7, 11) is 1.49. The fraction of sp³-hybridized carbons (Fsp3) is 0.364. The van der Waals surface area contributed by atoms with Crippen molar-refractivity contribution in [3.05, 3.63) is 33.6 Å². The van der Waals surface area contributed by atoms with Gasteiger partial charge in [-0.15, -0.1) is 0 Å². The Morgan fingerprint density at radius 2 is 2.12 bits per heavy atom. The van der Waals surface area contributed by atoms with E-state index in [4.69, 9.17) is 33.7 Å². The highest BCUT2D eigenvalue weighted by Gasteiger charge is 2.16. The minimum atomic E-state index is -0.681. The van der Waals surface area contributed by atoms with Crippen LogP contribution in [0.15, 0.2) is 12.1 Å². The van der Waals surface area contributed by atoms with Gasteiger partial charge in [0, 0.05) is 25.1 Å². The van der Waals surface area contributed by atoms with E-state index in [1.165, 1.54) is 13.2 Å². The lowest BCUT2D eigenvalue weighted by Gasteiger charge is -2.10. The summed E-state index contributed by atoms with van der Waals surface area (Å²) in [4.78, 5) is 11.8. The molecule has 0 saturated carbocycles. The lowest BCUT2D eigenvalue weighted by Crippen LogP contribution is -2.28. The van der Waals surface area contributed by atoms with Gasteiger partial charge in [-0.1, -0.05) is 23.2 Å². The highest BCUT2D eigenvalue weighted by molar-refractivity contribution is 6.36. The minimum absolute atomic E-state index is 0.0363. The van der Waals surface area contributed by atoms with Crippen molar-refractivity contribution in [2.75, 3.05) is 13.7 Å². The second-order valence-electron chi connectivity index (χ2n) is 3.59. The van der Waals surface area contributed by atoms with Crippen LogP contribution in [0, 0.1) is 5.82 Å². The van der Waals surface area contributed by atoms with E-state index in [1.807, 2.05) is 0 Å². The topological polar surface area (TPSA) is 52.3 Å². The van der Waals surface area contributed by atoms with Gasteiger partial charge < -0.3 is 10.5 Å². The Bertz CT molecular complexity index is 426. The van der Waals surface area contributed by atoms with Crippen LogP contribution >= 0.6 is 23.2 Å². The Hall–Kier alpha value is -0.680. The van der Waals surface area contributed by atoms with Crippen LogP contribution in [-0.2, 0) is 4.74 Å². The third-order valence-electron chi connectivity index (χ3n) is 2.14. The molecule has 0 aromatic heterocycles. The smallest absolute Gasteiger partial charge is 0.166 e. The number of ether oxygens (including phenoxy) is 1. The minimum Gasteiger partial charge on any atom is -0.383 e. The lowest BCUT2D eigenvalue weighted by atomic mass is 10.0. The van der Waals surface area contributed by atoms with Gasteiger partial charge in [-0.25, -0.2) is 4.39 Å². The van der Waals surface area contributed by atoms with Crippen molar-refractivity contribution in [1.82, 2.24) is 0 Å². The fourth-order valence-corrected chi connectivity index (χ4v) is 1.85. The first kappa shape index (κ1) is 14.4. The molecule has 0 saturated heterocycles. The maximum Gasteiger partial charge on any atom is 0.166 e. The highest BCUT2D eigenvalue weighted by Crippen LogP contribution is 2.25. The van der Waals surface area contributed by atoms with Crippen molar-refractivity contribution in [2.24, 2.45) is 5.73 Å². The predicted molar refractivity (Wildman–Crippen MR) is 65.2 cm³/mol. The van der Waals surface area contributed by atoms with Gasteiger partial charge in [0.1, 0.15) is 5.82 Å². The normalized spacial score (nSPS) is 12.5. The summed E-state index contributed by atoms with van der Waals surface area (Å²) in [6.45, 7) is 0.249. The van der Waals surface area contributed by atoms with Crippen LogP contribution in [0.2, 0.25) is 10.0 Å². The predicted octanol–water partition coefficient (Wildman–Crippen LogP) is 2.68. The Morgan fingerprint density at radius 1 is 1.47 bits per heavy atom. The van der Waals surface area contributed by atoms with Gasteiger partial charge in [-0.05, 0) is 12.1 Å². The van der Waals surface area contributed by atoms with Crippen LogP contribution in [0.3, 0.4) is 0 Å². The number of hydrogen-bond donors (Lipinski definition) is 1. The summed E-state index contributed by atoms with van der Waals surface area (Å²) in [5.41, 5.74) is 5.72. The number of ketones is 1. The first-order valence-corrected chi connectivity index (χ1v) is 5.63. The third-order valence-corrected chi connectivity index (χ3v) is 2.74. The SMILES string of the molecule is COCC(N)CC(=O)c1cc(F)c(Cl)cc1Cl. The van der Waals surface area contributed by atoms with E-state index in [9.17, 15) is 9.18 Å². The van der Waals surface area contributed by atoms with Crippen LogP contribution in [0.4, 0.5) is 4.39 Å². The Morgan fingerprint density at radius 3 is 2.71 bits per heavy atom. The number of nitrogens with two attached hydrogens (primary N) is 1. The van der Waals surface area contributed by atoms with Crippen LogP contribution in [0.25, 0.3) is 0 Å². The van der Waals surface area contributed by atoms with Gasteiger partial charge in [0.05, 0.1) is 16.7 Å². The summed E-state index contributed by atoms with van der Waals surface area (Å²) < 4.78 is 18.0. The number of carbonyl (C=O) groups excluding carboxylic acids is 1. The van der Waals surface area contributed by atoms with E-state index in [-0.39, 0.29) is 34.4 Å². The molecule has 1 rings (SSSR count). The standard InChI is InChI=1S/C11H12Cl2FNO2/c1-17-5-6(15)2-11(16)7-3-10(14)9(13)4-8(7)12/h3-4,6H,2,5,15H2,1H3. The molecule has 0 fully saturated rings. The highest BCUT2D eigenvalue weighted by atomic mass is 35.5. The van der Waals surface area contributed by atoms with Gasteiger partial charge in [0.2, 0.25) is 0 Å². The van der Waals surface area contributed by atoms with Crippen molar-refractivity contribution in [1.29, 1.82) is 0 Å². The Labute approximate surface area is 109 Å². The molecule has 0 aliphatic carbocycles. The lowest BCUT2D eigenvalue weighted by molar-refractivity contribution is 0.0949. The molecule has 1 aromatic carbocycles. The van der Waals surface area contributed by atoms with Gasteiger partial charge >= 0.3 is 0 Å². The van der Waals surface area contributed by atoms with Crippen LogP contribution < -0.4 is 5.73 Å². The van der Waals surface area contributed by atoms with Gasteiger partial charge in [-0.2, -0.15) is 0 Å². The summed E-state index contributed by atoms with van der Waals surface area (Å²) in [5.74, 6) is -1.02. The van der Waals surface area contributed by atoms with E-state index in [0.717, 1.165) is 6.07 Å². The molecule has 2 N–H and O–H groups in total.